The van der Waals surface area contributed by atoms with E-state index in [1.807, 2.05) is 37.6 Å². The van der Waals surface area contributed by atoms with Gasteiger partial charge >= 0.3 is 0 Å². The van der Waals surface area contributed by atoms with E-state index in [1.165, 1.54) is 11.3 Å². The fourth-order valence-corrected chi connectivity index (χ4v) is 3.14. The van der Waals surface area contributed by atoms with Crippen LogP contribution in [-0.2, 0) is 9.59 Å². The van der Waals surface area contributed by atoms with Crippen molar-refractivity contribution in [1.29, 1.82) is 0 Å². The van der Waals surface area contributed by atoms with Crippen LogP contribution >= 0.6 is 11.3 Å². The standard InChI is InChI=1S/C14H20N2O2S/c1-4-5-11-14(18)16(10-6-7-19-8-10)12(9(2)3)13(17)15-11/h6-9,11-12H,4-5H2,1-3H3,(H,15,17). The topological polar surface area (TPSA) is 49.4 Å². The number of carbonyl (C=O) groups is 2. The smallest absolute Gasteiger partial charge is 0.250 e. The number of nitrogens with zero attached hydrogens (tertiary/aromatic N) is 1. The van der Waals surface area contributed by atoms with Crippen molar-refractivity contribution in [2.24, 2.45) is 5.92 Å². The Balaban J connectivity index is 2.35. The van der Waals surface area contributed by atoms with E-state index in [-0.39, 0.29) is 23.8 Å². The second kappa shape index (κ2) is 5.74. The van der Waals surface area contributed by atoms with Crippen LogP contribution in [0.15, 0.2) is 16.8 Å². The van der Waals surface area contributed by atoms with E-state index < -0.39 is 6.04 Å². The van der Waals surface area contributed by atoms with Crippen molar-refractivity contribution in [2.75, 3.05) is 4.90 Å². The Kier molecular flexibility index (Phi) is 4.24. The van der Waals surface area contributed by atoms with E-state index in [0.717, 1.165) is 12.1 Å². The molecule has 0 aliphatic carbocycles. The molecule has 1 aromatic rings. The maximum Gasteiger partial charge on any atom is 0.250 e. The summed E-state index contributed by atoms with van der Waals surface area (Å²) in [6, 6.07) is 1.11. The van der Waals surface area contributed by atoms with Gasteiger partial charge in [0.2, 0.25) is 11.8 Å². The zero-order valence-corrected chi connectivity index (χ0v) is 12.4. The Morgan fingerprint density at radius 2 is 2.16 bits per heavy atom. The van der Waals surface area contributed by atoms with E-state index in [2.05, 4.69) is 5.32 Å². The van der Waals surface area contributed by atoms with E-state index in [0.29, 0.717) is 6.42 Å². The zero-order valence-electron chi connectivity index (χ0n) is 11.6. The first-order chi connectivity index (χ1) is 9.06. The van der Waals surface area contributed by atoms with Crippen LogP contribution in [0.1, 0.15) is 33.6 Å². The molecule has 1 aliphatic heterocycles. The molecule has 0 saturated carbocycles. The number of carbonyl (C=O) groups excluding carboxylic acids is 2. The molecule has 0 radical (unpaired) electrons. The van der Waals surface area contributed by atoms with Gasteiger partial charge in [-0.15, -0.1) is 0 Å². The molecule has 2 amide bonds. The van der Waals surface area contributed by atoms with Gasteiger partial charge in [-0.25, -0.2) is 0 Å². The molecule has 2 rings (SSSR count). The lowest BCUT2D eigenvalue weighted by Crippen LogP contribution is -2.65. The van der Waals surface area contributed by atoms with Crippen molar-refractivity contribution in [1.82, 2.24) is 5.32 Å². The molecule has 1 aliphatic rings. The first-order valence-electron chi connectivity index (χ1n) is 6.72. The Morgan fingerprint density at radius 1 is 1.42 bits per heavy atom. The van der Waals surface area contributed by atoms with E-state index in [1.54, 1.807) is 4.90 Å². The Labute approximate surface area is 117 Å². The number of piperazine rings is 1. The first-order valence-corrected chi connectivity index (χ1v) is 7.66. The molecule has 5 heteroatoms. The van der Waals surface area contributed by atoms with Crippen molar-refractivity contribution >= 4 is 28.8 Å². The molecule has 2 atom stereocenters. The second-order valence-corrected chi connectivity index (χ2v) is 6.01. The van der Waals surface area contributed by atoms with Crippen molar-refractivity contribution in [3.05, 3.63) is 16.8 Å². The van der Waals surface area contributed by atoms with Crippen LogP contribution < -0.4 is 10.2 Å². The van der Waals surface area contributed by atoms with Gasteiger partial charge in [0.1, 0.15) is 12.1 Å². The minimum absolute atomic E-state index is 0.0125. The molecule has 2 unspecified atom stereocenters. The monoisotopic (exact) mass is 280 g/mol. The van der Waals surface area contributed by atoms with Crippen molar-refractivity contribution < 1.29 is 9.59 Å². The molecule has 0 spiro atoms. The van der Waals surface area contributed by atoms with Crippen LogP contribution in [-0.4, -0.2) is 23.9 Å². The van der Waals surface area contributed by atoms with Crippen LogP contribution in [0, 0.1) is 5.92 Å². The molecule has 1 saturated heterocycles. The molecule has 4 nitrogen and oxygen atoms in total. The van der Waals surface area contributed by atoms with Gasteiger partial charge in [0.25, 0.3) is 0 Å². The summed E-state index contributed by atoms with van der Waals surface area (Å²) in [6.07, 6.45) is 1.57. The number of amides is 2. The normalized spacial score (nSPS) is 23.9. The zero-order chi connectivity index (χ0) is 14.0. The number of hydrogen-bond donors (Lipinski definition) is 1. The maximum atomic E-state index is 12.6. The Morgan fingerprint density at radius 3 is 2.68 bits per heavy atom. The summed E-state index contributed by atoms with van der Waals surface area (Å²) >= 11 is 1.54. The maximum absolute atomic E-state index is 12.6. The SMILES string of the molecule is CCCC1NC(=O)C(C(C)C)N(c2ccsc2)C1=O. The lowest BCUT2D eigenvalue weighted by Gasteiger charge is -2.40. The first kappa shape index (κ1) is 14.1. The summed E-state index contributed by atoms with van der Waals surface area (Å²) in [5.41, 5.74) is 0.838. The van der Waals surface area contributed by atoms with Crippen molar-refractivity contribution in [2.45, 2.75) is 45.7 Å². The van der Waals surface area contributed by atoms with Crippen LogP contribution in [0.25, 0.3) is 0 Å². The van der Waals surface area contributed by atoms with Crippen LogP contribution in [0.5, 0.6) is 0 Å². The fourth-order valence-electron chi connectivity index (χ4n) is 2.51. The van der Waals surface area contributed by atoms with E-state index in [9.17, 15) is 9.59 Å². The molecule has 1 fully saturated rings. The predicted molar refractivity (Wildman–Crippen MR) is 77.3 cm³/mol. The third-order valence-corrected chi connectivity index (χ3v) is 4.06. The highest BCUT2D eigenvalue weighted by atomic mass is 32.1. The molecule has 0 bridgehead atoms. The summed E-state index contributed by atoms with van der Waals surface area (Å²) in [5, 5.41) is 6.72. The largest absolute Gasteiger partial charge is 0.342 e. The molecule has 2 heterocycles. The van der Waals surface area contributed by atoms with E-state index >= 15 is 0 Å². The summed E-state index contributed by atoms with van der Waals surface area (Å²) in [7, 11) is 0. The number of anilines is 1. The minimum atomic E-state index is -0.407. The van der Waals surface area contributed by atoms with E-state index in [4.69, 9.17) is 0 Å². The third-order valence-electron chi connectivity index (χ3n) is 3.39. The fraction of sp³-hybridized carbons (Fsp3) is 0.571. The molecule has 1 aromatic heterocycles. The molecular weight excluding hydrogens is 260 g/mol. The van der Waals surface area contributed by atoms with Crippen molar-refractivity contribution in [3.8, 4) is 0 Å². The molecule has 0 aromatic carbocycles. The number of hydrogen-bond acceptors (Lipinski definition) is 3. The van der Waals surface area contributed by atoms with Gasteiger partial charge in [0, 0.05) is 5.38 Å². The average Bonchev–Trinajstić information content (AvgIpc) is 2.86. The van der Waals surface area contributed by atoms with Crippen LogP contribution in [0.2, 0.25) is 0 Å². The Bertz CT molecular complexity index is 456. The van der Waals surface area contributed by atoms with Gasteiger partial charge in [-0.05, 0) is 23.8 Å². The summed E-state index contributed by atoms with van der Waals surface area (Å²) in [5.74, 6) is 0.0595. The van der Waals surface area contributed by atoms with Gasteiger partial charge in [-0.2, -0.15) is 11.3 Å². The predicted octanol–water partition coefficient (Wildman–Crippen LogP) is 2.40. The van der Waals surface area contributed by atoms with Crippen LogP contribution in [0.3, 0.4) is 0 Å². The molecule has 104 valence electrons. The highest BCUT2D eigenvalue weighted by Gasteiger charge is 2.42. The lowest BCUT2D eigenvalue weighted by atomic mass is 9.95. The Hall–Kier alpha value is -1.36. The highest BCUT2D eigenvalue weighted by Crippen LogP contribution is 2.28. The summed E-state index contributed by atoms with van der Waals surface area (Å²) < 4.78 is 0. The van der Waals surface area contributed by atoms with Crippen molar-refractivity contribution in [3.63, 3.8) is 0 Å². The summed E-state index contributed by atoms with van der Waals surface area (Å²) in [6.45, 7) is 5.96. The van der Waals surface area contributed by atoms with Gasteiger partial charge in [-0.3, -0.25) is 14.5 Å². The lowest BCUT2D eigenvalue weighted by molar-refractivity contribution is -0.135. The number of nitrogens with one attached hydrogen (secondary N) is 1. The molecule has 19 heavy (non-hydrogen) atoms. The van der Waals surface area contributed by atoms with Gasteiger partial charge in [0.15, 0.2) is 0 Å². The number of thiophene rings is 1. The van der Waals surface area contributed by atoms with Gasteiger partial charge < -0.3 is 5.32 Å². The molecular formula is C14H20N2O2S. The average molecular weight is 280 g/mol. The van der Waals surface area contributed by atoms with Gasteiger partial charge in [0.05, 0.1) is 5.69 Å². The second-order valence-electron chi connectivity index (χ2n) is 5.23. The summed E-state index contributed by atoms with van der Waals surface area (Å²) in [4.78, 5) is 26.5. The molecule has 1 N–H and O–H groups in total. The van der Waals surface area contributed by atoms with Gasteiger partial charge in [-0.1, -0.05) is 27.2 Å². The third kappa shape index (κ3) is 2.66. The van der Waals surface area contributed by atoms with Crippen LogP contribution in [0.4, 0.5) is 5.69 Å². The highest BCUT2D eigenvalue weighted by molar-refractivity contribution is 7.08. The number of rotatable bonds is 4. The quantitative estimate of drug-likeness (QED) is 0.920. The minimum Gasteiger partial charge on any atom is -0.342 e.